The average Bonchev–Trinajstić information content (AvgIpc) is 2.30. The van der Waals surface area contributed by atoms with Crippen molar-refractivity contribution >= 4 is 56.0 Å². The van der Waals surface area contributed by atoms with Crippen molar-refractivity contribution in [1.29, 1.82) is 0 Å². The third-order valence-electron chi connectivity index (χ3n) is 2.32. The normalized spacial score (nSPS) is 10.7. The van der Waals surface area contributed by atoms with Gasteiger partial charge in [-0.15, -0.1) is 0 Å². The van der Waals surface area contributed by atoms with E-state index in [1.807, 2.05) is 0 Å². The Labute approximate surface area is 122 Å². The number of aromatic nitrogens is 1. The van der Waals surface area contributed by atoms with Crippen molar-refractivity contribution in [3.05, 3.63) is 38.4 Å². The van der Waals surface area contributed by atoms with E-state index in [0.29, 0.717) is 20.9 Å². The van der Waals surface area contributed by atoms with E-state index >= 15 is 0 Å². The molecule has 1 heterocycles. The van der Waals surface area contributed by atoms with Crippen molar-refractivity contribution in [3.8, 4) is 0 Å². The minimum absolute atomic E-state index is 0.236. The number of halogens is 3. The van der Waals surface area contributed by atoms with Crippen LogP contribution in [0, 0.1) is 0 Å². The molecule has 3 nitrogen and oxygen atoms in total. The second kappa shape index (κ2) is 5.43. The Balaban J connectivity index is 2.67. The molecule has 0 fully saturated rings. The highest BCUT2D eigenvalue weighted by Crippen LogP contribution is 2.33. The first-order valence-electron chi connectivity index (χ1n) is 5.15. The first-order valence-corrected chi connectivity index (χ1v) is 6.70. The summed E-state index contributed by atoms with van der Waals surface area (Å²) in [7, 11) is 0. The first kappa shape index (κ1) is 13.6. The largest absolute Gasteiger partial charge is 0.462 e. The smallest absolute Gasteiger partial charge is 0.341 e. The molecule has 0 amide bonds. The predicted molar refractivity (Wildman–Crippen MR) is 75.4 cm³/mol. The number of nitrogens with zero attached hydrogens (tertiary/aromatic N) is 1. The Morgan fingerprint density at radius 2 is 2.17 bits per heavy atom. The van der Waals surface area contributed by atoms with E-state index in [1.165, 1.54) is 6.20 Å². The van der Waals surface area contributed by atoms with Gasteiger partial charge in [0.05, 0.1) is 22.7 Å². The van der Waals surface area contributed by atoms with Gasteiger partial charge >= 0.3 is 5.97 Å². The summed E-state index contributed by atoms with van der Waals surface area (Å²) in [5.74, 6) is -0.493. The number of fused-ring (bicyclic) bond motifs is 1. The number of esters is 1. The van der Waals surface area contributed by atoms with Crippen molar-refractivity contribution in [2.24, 2.45) is 0 Å². The van der Waals surface area contributed by atoms with E-state index < -0.39 is 5.97 Å². The maximum absolute atomic E-state index is 11.7. The molecule has 1 aromatic carbocycles. The molecule has 2 rings (SSSR count). The van der Waals surface area contributed by atoms with Gasteiger partial charge in [0.25, 0.3) is 0 Å². The fourth-order valence-corrected chi connectivity index (χ4v) is 2.73. The van der Waals surface area contributed by atoms with Crippen LogP contribution in [0.15, 0.2) is 22.8 Å². The standard InChI is InChI=1S/C12H8BrCl2NO2/c1-2-18-12(17)8-5-16-11-7(10(8)15)3-6(14)4-9(11)13/h3-5H,2H2,1H3. The SMILES string of the molecule is CCOC(=O)c1cnc2c(Br)cc(Cl)cc2c1Cl. The number of pyridine rings is 1. The van der Waals surface area contributed by atoms with Crippen molar-refractivity contribution in [1.82, 2.24) is 4.98 Å². The van der Waals surface area contributed by atoms with E-state index in [2.05, 4.69) is 20.9 Å². The van der Waals surface area contributed by atoms with Gasteiger partial charge in [-0.2, -0.15) is 0 Å². The Hall–Kier alpha value is -0.840. The second-order valence-electron chi connectivity index (χ2n) is 3.49. The van der Waals surface area contributed by atoms with Crippen molar-refractivity contribution in [2.45, 2.75) is 6.92 Å². The fraction of sp³-hybridized carbons (Fsp3) is 0.167. The van der Waals surface area contributed by atoms with E-state index in [0.717, 1.165) is 4.47 Å². The van der Waals surface area contributed by atoms with E-state index in [4.69, 9.17) is 27.9 Å². The zero-order valence-electron chi connectivity index (χ0n) is 9.34. The van der Waals surface area contributed by atoms with Gasteiger partial charge in [0.2, 0.25) is 0 Å². The van der Waals surface area contributed by atoms with Crippen LogP contribution >= 0.6 is 39.1 Å². The minimum Gasteiger partial charge on any atom is -0.462 e. The van der Waals surface area contributed by atoms with Crippen LogP contribution < -0.4 is 0 Å². The van der Waals surface area contributed by atoms with Gasteiger partial charge in [-0.1, -0.05) is 23.2 Å². The molecule has 0 radical (unpaired) electrons. The Morgan fingerprint density at radius 3 is 2.83 bits per heavy atom. The molecule has 0 saturated carbocycles. The van der Waals surface area contributed by atoms with Gasteiger partial charge < -0.3 is 4.74 Å². The highest BCUT2D eigenvalue weighted by molar-refractivity contribution is 9.10. The maximum Gasteiger partial charge on any atom is 0.341 e. The molecule has 0 spiro atoms. The van der Waals surface area contributed by atoms with E-state index in [9.17, 15) is 4.79 Å². The van der Waals surface area contributed by atoms with Gasteiger partial charge in [-0.3, -0.25) is 4.98 Å². The molecule has 0 unspecified atom stereocenters. The quantitative estimate of drug-likeness (QED) is 0.751. The molecule has 6 heteroatoms. The zero-order valence-corrected chi connectivity index (χ0v) is 12.4. The van der Waals surface area contributed by atoms with Gasteiger partial charge in [0.1, 0.15) is 0 Å². The van der Waals surface area contributed by atoms with Crippen LogP contribution in [0.4, 0.5) is 0 Å². The Kier molecular flexibility index (Phi) is 4.10. The molecule has 0 N–H and O–H groups in total. The molecule has 0 bridgehead atoms. The summed E-state index contributed by atoms with van der Waals surface area (Å²) in [5, 5.41) is 1.42. The lowest BCUT2D eigenvalue weighted by atomic mass is 10.1. The van der Waals surface area contributed by atoms with Crippen LogP contribution in [-0.4, -0.2) is 17.6 Å². The van der Waals surface area contributed by atoms with Crippen LogP contribution in [0.1, 0.15) is 17.3 Å². The zero-order chi connectivity index (χ0) is 13.3. The van der Waals surface area contributed by atoms with E-state index in [1.54, 1.807) is 19.1 Å². The summed E-state index contributed by atoms with van der Waals surface area (Å²) < 4.78 is 5.63. The molecule has 18 heavy (non-hydrogen) atoms. The van der Waals surface area contributed by atoms with E-state index in [-0.39, 0.29) is 12.2 Å². The molecule has 0 aliphatic rings. The summed E-state index contributed by atoms with van der Waals surface area (Å²) in [4.78, 5) is 15.9. The summed E-state index contributed by atoms with van der Waals surface area (Å²) in [6.07, 6.45) is 1.40. The number of hydrogen-bond acceptors (Lipinski definition) is 3. The van der Waals surface area contributed by atoms with Crippen LogP contribution in [0.2, 0.25) is 10.0 Å². The lowest BCUT2D eigenvalue weighted by Crippen LogP contribution is -2.06. The number of hydrogen-bond donors (Lipinski definition) is 0. The molecule has 0 saturated heterocycles. The van der Waals surface area contributed by atoms with Gasteiger partial charge in [0.15, 0.2) is 0 Å². The highest BCUT2D eigenvalue weighted by Gasteiger charge is 2.16. The predicted octanol–water partition coefficient (Wildman–Crippen LogP) is 4.48. The summed E-state index contributed by atoms with van der Waals surface area (Å²) in [6, 6.07) is 3.39. The van der Waals surface area contributed by atoms with Crippen molar-refractivity contribution in [3.63, 3.8) is 0 Å². The molecule has 0 aliphatic carbocycles. The summed E-state index contributed by atoms with van der Waals surface area (Å²) in [5.41, 5.74) is 0.887. The Bertz CT molecular complexity index is 631. The molecule has 94 valence electrons. The fourth-order valence-electron chi connectivity index (χ4n) is 1.55. The van der Waals surface area contributed by atoms with Crippen molar-refractivity contribution in [2.75, 3.05) is 6.61 Å². The molecular weight excluding hydrogens is 341 g/mol. The van der Waals surface area contributed by atoms with Gasteiger partial charge in [-0.05, 0) is 35.0 Å². The summed E-state index contributed by atoms with van der Waals surface area (Å²) in [6.45, 7) is 2.01. The molecule has 0 aliphatic heterocycles. The summed E-state index contributed by atoms with van der Waals surface area (Å²) >= 11 is 15.5. The lowest BCUT2D eigenvalue weighted by molar-refractivity contribution is 0.0526. The molecular formula is C12H8BrCl2NO2. The highest BCUT2D eigenvalue weighted by atomic mass is 79.9. The monoisotopic (exact) mass is 347 g/mol. The number of carbonyl (C=O) groups is 1. The number of benzene rings is 1. The van der Waals surface area contributed by atoms with Crippen LogP contribution in [0.25, 0.3) is 10.9 Å². The average molecular weight is 349 g/mol. The number of carbonyl (C=O) groups excluding carboxylic acids is 1. The second-order valence-corrected chi connectivity index (χ2v) is 5.16. The molecule has 2 aromatic rings. The number of ether oxygens (including phenoxy) is 1. The van der Waals surface area contributed by atoms with Crippen molar-refractivity contribution < 1.29 is 9.53 Å². The maximum atomic E-state index is 11.7. The van der Waals surface area contributed by atoms with Gasteiger partial charge in [0, 0.05) is 21.1 Å². The third kappa shape index (κ3) is 2.46. The number of rotatable bonds is 2. The molecule has 1 aromatic heterocycles. The topological polar surface area (TPSA) is 39.2 Å². The van der Waals surface area contributed by atoms with Crippen LogP contribution in [-0.2, 0) is 4.74 Å². The minimum atomic E-state index is -0.493. The third-order valence-corrected chi connectivity index (χ3v) is 3.55. The van der Waals surface area contributed by atoms with Crippen LogP contribution in [0.5, 0.6) is 0 Å². The molecule has 0 atom stereocenters. The first-order chi connectivity index (χ1) is 8.54. The lowest BCUT2D eigenvalue weighted by Gasteiger charge is -2.08. The van der Waals surface area contributed by atoms with Crippen LogP contribution in [0.3, 0.4) is 0 Å². The van der Waals surface area contributed by atoms with Gasteiger partial charge in [-0.25, -0.2) is 4.79 Å². The Morgan fingerprint density at radius 1 is 1.44 bits per heavy atom.